The van der Waals surface area contributed by atoms with Crippen LogP contribution in [0.5, 0.6) is 0 Å². The highest BCUT2D eigenvalue weighted by Gasteiger charge is 2.20. The number of H-pyrrole nitrogens is 1. The maximum Gasteiger partial charge on any atom is 0.417 e. The number of aromatic amines is 1. The molecule has 4 rings (SSSR count). The Morgan fingerprint density at radius 2 is 2.06 bits per heavy atom. The number of carbonyl (C=O) groups is 2. The van der Waals surface area contributed by atoms with Gasteiger partial charge in [0.05, 0.1) is 11.7 Å². The van der Waals surface area contributed by atoms with Gasteiger partial charge in [-0.3, -0.25) is 14.6 Å². The predicted octanol–water partition coefficient (Wildman–Crippen LogP) is 2.40. The number of nitrogens with zero attached hydrogens (tertiary/aromatic N) is 3. The molecule has 1 aromatic carbocycles. The van der Waals surface area contributed by atoms with Crippen molar-refractivity contribution in [2.75, 3.05) is 6.54 Å². The van der Waals surface area contributed by atoms with E-state index in [0.29, 0.717) is 23.2 Å². The Morgan fingerprint density at radius 1 is 1.24 bits per heavy atom. The molecule has 0 radical (unpaired) electrons. The third-order valence-electron chi connectivity index (χ3n) is 5.22. The van der Waals surface area contributed by atoms with Gasteiger partial charge in [-0.15, -0.1) is 0 Å². The van der Waals surface area contributed by atoms with Gasteiger partial charge in [0.2, 0.25) is 0 Å². The van der Waals surface area contributed by atoms with E-state index in [4.69, 9.17) is 4.42 Å². The van der Waals surface area contributed by atoms with Gasteiger partial charge in [-0.25, -0.2) is 18.7 Å². The molecule has 0 aliphatic carbocycles. The van der Waals surface area contributed by atoms with Crippen LogP contribution in [-0.4, -0.2) is 37.9 Å². The maximum absolute atomic E-state index is 14.2. The second-order valence-electron chi connectivity index (χ2n) is 7.89. The fourth-order valence-corrected chi connectivity index (χ4v) is 3.55. The summed E-state index contributed by atoms with van der Waals surface area (Å²) in [7, 11) is 0. The van der Waals surface area contributed by atoms with Crippen molar-refractivity contribution in [3.05, 3.63) is 63.8 Å². The van der Waals surface area contributed by atoms with Crippen molar-refractivity contribution in [3.8, 4) is 0 Å². The molecule has 4 aromatic rings. The van der Waals surface area contributed by atoms with Crippen LogP contribution in [0.2, 0.25) is 0 Å². The molecule has 0 aliphatic rings. The lowest BCUT2D eigenvalue weighted by atomic mass is 10.1. The molecule has 33 heavy (non-hydrogen) atoms. The summed E-state index contributed by atoms with van der Waals surface area (Å²) in [6.07, 6.45) is 2.89. The predicted molar refractivity (Wildman–Crippen MR) is 117 cm³/mol. The lowest BCUT2D eigenvalue weighted by Crippen LogP contribution is -2.31. The van der Waals surface area contributed by atoms with E-state index < -0.39 is 23.4 Å². The molecule has 0 bridgehead atoms. The van der Waals surface area contributed by atoms with Crippen molar-refractivity contribution >= 4 is 28.6 Å². The maximum atomic E-state index is 14.2. The third kappa shape index (κ3) is 4.76. The van der Waals surface area contributed by atoms with E-state index in [2.05, 4.69) is 32.6 Å². The Bertz CT molecular complexity index is 1390. The van der Waals surface area contributed by atoms with E-state index >= 15 is 0 Å². The van der Waals surface area contributed by atoms with Crippen LogP contribution in [0.1, 0.15) is 53.2 Å². The number of halogens is 1. The Labute approximate surface area is 187 Å². The second kappa shape index (κ2) is 9.23. The monoisotopic (exact) mass is 454 g/mol. The molecular formula is C22H23FN6O4. The number of hydrogen-bond donors (Lipinski definition) is 3. The first kappa shape index (κ1) is 22.2. The number of hydrogen-bond acceptors (Lipinski definition) is 6. The summed E-state index contributed by atoms with van der Waals surface area (Å²) in [5.41, 5.74) is 1.28. The SMILES string of the molecule is CCCC(C)CNC(=O)c1cc(C(=O)NCc2ccc3oc(=O)[nH]c3c2)nc2c(F)cnn12. The number of rotatable bonds is 8. The summed E-state index contributed by atoms with van der Waals surface area (Å²) in [6, 6.07) is 6.27. The van der Waals surface area contributed by atoms with Gasteiger partial charge in [-0.2, -0.15) is 5.10 Å². The third-order valence-corrected chi connectivity index (χ3v) is 5.22. The quantitative estimate of drug-likeness (QED) is 0.374. The molecule has 0 saturated heterocycles. The van der Waals surface area contributed by atoms with Crippen LogP contribution in [0.25, 0.3) is 16.7 Å². The van der Waals surface area contributed by atoms with Gasteiger partial charge >= 0.3 is 5.76 Å². The zero-order chi connectivity index (χ0) is 23.5. The lowest BCUT2D eigenvalue weighted by Gasteiger charge is -2.13. The average Bonchev–Trinajstić information content (AvgIpc) is 3.36. The molecule has 10 nitrogen and oxygen atoms in total. The van der Waals surface area contributed by atoms with Crippen molar-refractivity contribution in [2.24, 2.45) is 5.92 Å². The van der Waals surface area contributed by atoms with Crippen LogP contribution in [0.3, 0.4) is 0 Å². The molecule has 1 unspecified atom stereocenters. The van der Waals surface area contributed by atoms with Crippen LogP contribution in [0, 0.1) is 11.7 Å². The molecule has 3 aromatic heterocycles. The molecule has 0 saturated carbocycles. The summed E-state index contributed by atoms with van der Waals surface area (Å²) in [5, 5.41) is 9.37. The summed E-state index contributed by atoms with van der Waals surface area (Å²) >= 11 is 0. The molecule has 2 amide bonds. The molecule has 3 heterocycles. The molecule has 0 fully saturated rings. The highest BCUT2D eigenvalue weighted by Crippen LogP contribution is 2.14. The van der Waals surface area contributed by atoms with Crippen LogP contribution >= 0.6 is 0 Å². The fraction of sp³-hybridized carbons (Fsp3) is 0.318. The first-order chi connectivity index (χ1) is 15.9. The molecule has 0 spiro atoms. The van der Waals surface area contributed by atoms with E-state index in [1.165, 1.54) is 6.07 Å². The average molecular weight is 454 g/mol. The minimum Gasteiger partial charge on any atom is -0.408 e. The highest BCUT2D eigenvalue weighted by molar-refractivity contribution is 5.98. The number of amides is 2. The minimum absolute atomic E-state index is 0.00939. The van der Waals surface area contributed by atoms with Crippen LogP contribution in [0.15, 0.2) is 39.7 Å². The minimum atomic E-state index is -0.743. The molecule has 172 valence electrons. The van der Waals surface area contributed by atoms with E-state index in [0.717, 1.165) is 23.6 Å². The first-order valence-electron chi connectivity index (χ1n) is 10.6. The number of fused-ring (bicyclic) bond motifs is 2. The topological polar surface area (TPSA) is 134 Å². The van der Waals surface area contributed by atoms with Gasteiger partial charge in [-0.1, -0.05) is 26.3 Å². The normalized spacial score (nSPS) is 12.2. The van der Waals surface area contributed by atoms with E-state index in [9.17, 15) is 18.8 Å². The largest absolute Gasteiger partial charge is 0.417 e. The molecule has 1 atom stereocenters. The fourth-order valence-electron chi connectivity index (χ4n) is 3.55. The van der Waals surface area contributed by atoms with Gasteiger partial charge in [0.25, 0.3) is 11.8 Å². The molecular weight excluding hydrogens is 431 g/mol. The van der Waals surface area contributed by atoms with Crippen molar-refractivity contribution in [1.29, 1.82) is 0 Å². The molecule has 0 aliphatic heterocycles. The van der Waals surface area contributed by atoms with Crippen LogP contribution in [-0.2, 0) is 6.54 Å². The number of oxazole rings is 1. The van der Waals surface area contributed by atoms with Crippen molar-refractivity contribution in [1.82, 2.24) is 30.2 Å². The highest BCUT2D eigenvalue weighted by atomic mass is 19.1. The van der Waals surface area contributed by atoms with Crippen LogP contribution in [0.4, 0.5) is 4.39 Å². The van der Waals surface area contributed by atoms with Crippen molar-refractivity contribution in [3.63, 3.8) is 0 Å². The summed E-state index contributed by atoms with van der Waals surface area (Å²) in [6.45, 7) is 4.65. The summed E-state index contributed by atoms with van der Waals surface area (Å²) < 4.78 is 20.2. The first-order valence-corrected chi connectivity index (χ1v) is 10.6. The van der Waals surface area contributed by atoms with E-state index in [1.54, 1.807) is 18.2 Å². The zero-order valence-electron chi connectivity index (χ0n) is 18.1. The van der Waals surface area contributed by atoms with Crippen molar-refractivity contribution in [2.45, 2.75) is 33.2 Å². The standard InChI is InChI=1S/C22H23FN6O4/c1-3-4-12(2)9-24-21(31)17-8-16(27-19-14(23)11-26-29(17)19)20(30)25-10-13-5-6-18-15(7-13)28-22(32)33-18/h5-8,11-12H,3-4,9-10H2,1-2H3,(H,24,31)(H,25,30)(H,28,32). The van der Waals surface area contributed by atoms with Crippen LogP contribution < -0.4 is 16.4 Å². The molecule has 11 heteroatoms. The summed E-state index contributed by atoms with van der Waals surface area (Å²) in [4.78, 5) is 43.4. The van der Waals surface area contributed by atoms with Gasteiger partial charge in [0.15, 0.2) is 17.0 Å². The second-order valence-corrected chi connectivity index (χ2v) is 7.89. The summed E-state index contributed by atoms with van der Waals surface area (Å²) in [5.74, 6) is -2.10. The lowest BCUT2D eigenvalue weighted by molar-refractivity contribution is 0.0939. The Hall–Kier alpha value is -4.02. The number of nitrogens with one attached hydrogen (secondary N) is 3. The number of benzene rings is 1. The van der Waals surface area contributed by atoms with Gasteiger partial charge in [-0.05, 0) is 30.0 Å². The smallest absolute Gasteiger partial charge is 0.408 e. The van der Waals surface area contributed by atoms with Gasteiger partial charge < -0.3 is 15.1 Å². The van der Waals surface area contributed by atoms with Gasteiger partial charge in [0.1, 0.15) is 11.4 Å². The number of aromatic nitrogens is 4. The Balaban J connectivity index is 1.54. The molecule has 3 N–H and O–H groups in total. The van der Waals surface area contributed by atoms with E-state index in [-0.39, 0.29) is 29.5 Å². The van der Waals surface area contributed by atoms with Crippen molar-refractivity contribution < 1.29 is 18.4 Å². The van der Waals surface area contributed by atoms with E-state index in [1.807, 2.05) is 6.92 Å². The zero-order valence-corrected chi connectivity index (χ0v) is 18.1. The van der Waals surface area contributed by atoms with Gasteiger partial charge in [0, 0.05) is 19.2 Å². The Morgan fingerprint density at radius 3 is 2.85 bits per heavy atom. The number of carbonyl (C=O) groups excluding carboxylic acids is 2. The Kier molecular flexibility index (Phi) is 6.20.